The van der Waals surface area contributed by atoms with Crippen LogP contribution in [0.2, 0.25) is 0 Å². The first-order chi connectivity index (χ1) is 9.08. The van der Waals surface area contributed by atoms with E-state index in [1.165, 1.54) is 0 Å². The molecule has 1 aromatic carbocycles. The summed E-state index contributed by atoms with van der Waals surface area (Å²) in [5.41, 5.74) is 6.95. The Morgan fingerprint density at radius 1 is 1.32 bits per heavy atom. The van der Waals surface area contributed by atoms with Crippen molar-refractivity contribution in [1.29, 1.82) is 0 Å². The lowest BCUT2D eigenvalue weighted by Crippen LogP contribution is -2.39. The molecule has 102 valence electrons. The van der Waals surface area contributed by atoms with Gasteiger partial charge in [0.25, 0.3) is 5.91 Å². The second-order valence-corrected chi connectivity index (χ2v) is 4.75. The van der Waals surface area contributed by atoms with E-state index in [1.807, 2.05) is 0 Å². The van der Waals surface area contributed by atoms with Gasteiger partial charge in [-0.3, -0.25) is 9.59 Å². The molecule has 1 saturated heterocycles. The number of benzene rings is 1. The van der Waals surface area contributed by atoms with Crippen molar-refractivity contribution >= 4 is 11.8 Å². The number of nitrogens with two attached hydrogens (primary N) is 1. The average Bonchev–Trinajstić information content (AvgIpc) is 2.39. The Bertz CT molecular complexity index is 493. The highest BCUT2D eigenvalue weighted by molar-refractivity contribution is 5.98. The monoisotopic (exact) mass is 262 g/mol. The third-order valence-electron chi connectivity index (χ3n) is 3.31. The summed E-state index contributed by atoms with van der Waals surface area (Å²) in [5.74, 6) is -0.597. The molecule has 0 radical (unpaired) electrons. The first kappa shape index (κ1) is 13.5. The van der Waals surface area contributed by atoms with E-state index >= 15 is 0 Å². The van der Waals surface area contributed by atoms with Crippen LogP contribution in [-0.4, -0.2) is 31.1 Å². The van der Waals surface area contributed by atoms with Crippen LogP contribution < -0.4 is 11.1 Å². The molecule has 0 unspecified atom stereocenters. The van der Waals surface area contributed by atoms with Crippen molar-refractivity contribution in [2.75, 3.05) is 13.2 Å². The van der Waals surface area contributed by atoms with Crippen LogP contribution in [0.3, 0.4) is 0 Å². The van der Waals surface area contributed by atoms with Crippen LogP contribution in [0.1, 0.15) is 39.1 Å². The summed E-state index contributed by atoms with van der Waals surface area (Å²) in [6.45, 7) is 3.17. The molecule has 0 spiro atoms. The van der Waals surface area contributed by atoms with E-state index in [-0.39, 0.29) is 11.9 Å². The molecule has 1 aromatic rings. The Labute approximate surface area is 112 Å². The molecule has 0 aromatic heterocycles. The second-order valence-electron chi connectivity index (χ2n) is 4.75. The number of carbonyl (C=O) groups is 2. The van der Waals surface area contributed by atoms with Crippen molar-refractivity contribution in [3.8, 4) is 0 Å². The van der Waals surface area contributed by atoms with Gasteiger partial charge in [-0.1, -0.05) is 0 Å². The van der Waals surface area contributed by atoms with Gasteiger partial charge < -0.3 is 15.8 Å². The van der Waals surface area contributed by atoms with Gasteiger partial charge in [0.05, 0.1) is 0 Å². The Morgan fingerprint density at radius 2 is 2.00 bits per heavy atom. The quantitative estimate of drug-likeness (QED) is 0.852. The van der Waals surface area contributed by atoms with Crippen LogP contribution in [0.15, 0.2) is 18.2 Å². The van der Waals surface area contributed by atoms with Crippen molar-refractivity contribution in [3.05, 3.63) is 34.9 Å². The number of hydrogen-bond acceptors (Lipinski definition) is 3. The molecule has 0 aliphatic carbocycles. The summed E-state index contributed by atoms with van der Waals surface area (Å²) in [6, 6.07) is 5.02. The van der Waals surface area contributed by atoms with Crippen LogP contribution in [-0.2, 0) is 4.74 Å². The van der Waals surface area contributed by atoms with Gasteiger partial charge in [0.1, 0.15) is 0 Å². The zero-order valence-corrected chi connectivity index (χ0v) is 10.9. The van der Waals surface area contributed by atoms with Gasteiger partial charge >= 0.3 is 0 Å². The van der Waals surface area contributed by atoms with E-state index in [1.54, 1.807) is 25.1 Å². The lowest BCUT2D eigenvalue weighted by atomic mass is 10.0. The molecular weight excluding hydrogens is 244 g/mol. The Morgan fingerprint density at radius 3 is 2.58 bits per heavy atom. The molecule has 0 bridgehead atoms. The van der Waals surface area contributed by atoms with Crippen molar-refractivity contribution in [2.45, 2.75) is 25.8 Å². The van der Waals surface area contributed by atoms with Gasteiger partial charge in [-0.2, -0.15) is 0 Å². The van der Waals surface area contributed by atoms with Crippen LogP contribution in [0.5, 0.6) is 0 Å². The summed E-state index contributed by atoms with van der Waals surface area (Å²) >= 11 is 0. The standard InChI is InChI=1S/C14H18N2O3/c1-9-8-10(13(15)17)2-3-12(9)14(18)16-11-4-6-19-7-5-11/h2-3,8,11H,4-7H2,1H3,(H2,15,17)(H,16,18). The van der Waals surface area contributed by atoms with Crippen LogP contribution in [0.4, 0.5) is 0 Å². The fourth-order valence-corrected chi connectivity index (χ4v) is 2.18. The molecule has 5 heteroatoms. The highest BCUT2D eigenvalue weighted by atomic mass is 16.5. The first-order valence-corrected chi connectivity index (χ1v) is 6.37. The van der Waals surface area contributed by atoms with E-state index in [0.717, 1.165) is 18.4 Å². The second kappa shape index (κ2) is 5.84. The Hall–Kier alpha value is -1.88. The number of rotatable bonds is 3. The highest BCUT2D eigenvalue weighted by Crippen LogP contribution is 2.13. The Balaban J connectivity index is 2.08. The van der Waals surface area contributed by atoms with Crippen molar-refractivity contribution < 1.29 is 14.3 Å². The maximum atomic E-state index is 12.1. The number of aryl methyl sites for hydroxylation is 1. The minimum absolute atomic E-state index is 0.111. The van der Waals surface area contributed by atoms with Crippen LogP contribution in [0.25, 0.3) is 0 Å². The normalized spacial score (nSPS) is 16.1. The number of ether oxygens (including phenoxy) is 1. The maximum absolute atomic E-state index is 12.1. The molecule has 1 heterocycles. The zero-order chi connectivity index (χ0) is 13.8. The topological polar surface area (TPSA) is 81.4 Å². The fraction of sp³-hybridized carbons (Fsp3) is 0.429. The number of primary amides is 1. The SMILES string of the molecule is Cc1cc(C(N)=O)ccc1C(=O)NC1CCOCC1. The first-order valence-electron chi connectivity index (χ1n) is 6.37. The molecule has 1 aliphatic heterocycles. The average molecular weight is 262 g/mol. The predicted molar refractivity (Wildman–Crippen MR) is 71.0 cm³/mol. The van der Waals surface area contributed by atoms with Crippen LogP contribution >= 0.6 is 0 Å². The van der Waals surface area contributed by atoms with E-state index < -0.39 is 5.91 Å². The van der Waals surface area contributed by atoms with Gasteiger partial charge in [0, 0.05) is 30.4 Å². The summed E-state index contributed by atoms with van der Waals surface area (Å²) < 4.78 is 5.25. The molecule has 2 rings (SSSR count). The molecule has 3 N–H and O–H groups in total. The van der Waals surface area contributed by atoms with E-state index in [2.05, 4.69) is 5.32 Å². The zero-order valence-electron chi connectivity index (χ0n) is 10.9. The summed E-state index contributed by atoms with van der Waals surface area (Å²) in [5, 5.41) is 2.99. The minimum Gasteiger partial charge on any atom is -0.381 e. The number of hydrogen-bond donors (Lipinski definition) is 2. The summed E-state index contributed by atoms with van der Waals surface area (Å²) in [7, 11) is 0. The minimum atomic E-state index is -0.487. The molecule has 1 aliphatic rings. The van der Waals surface area contributed by atoms with E-state index in [0.29, 0.717) is 24.3 Å². The van der Waals surface area contributed by atoms with E-state index in [4.69, 9.17) is 10.5 Å². The molecule has 0 saturated carbocycles. The smallest absolute Gasteiger partial charge is 0.251 e. The molecule has 2 amide bonds. The van der Waals surface area contributed by atoms with Gasteiger partial charge in [-0.05, 0) is 43.5 Å². The number of carbonyl (C=O) groups excluding carboxylic acids is 2. The number of amides is 2. The lowest BCUT2D eigenvalue weighted by Gasteiger charge is -2.23. The summed E-state index contributed by atoms with van der Waals surface area (Å²) in [6.07, 6.45) is 1.67. The highest BCUT2D eigenvalue weighted by Gasteiger charge is 2.18. The lowest BCUT2D eigenvalue weighted by molar-refractivity contribution is 0.0696. The Kier molecular flexibility index (Phi) is 4.16. The largest absolute Gasteiger partial charge is 0.381 e. The van der Waals surface area contributed by atoms with Gasteiger partial charge in [0.2, 0.25) is 5.91 Å². The molecule has 5 nitrogen and oxygen atoms in total. The third-order valence-corrected chi connectivity index (χ3v) is 3.31. The van der Waals surface area contributed by atoms with Gasteiger partial charge in [0.15, 0.2) is 0 Å². The molecule has 0 atom stereocenters. The summed E-state index contributed by atoms with van der Waals surface area (Å²) in [4.78, 5) is 23.2. The van der Waals surface area contributed by atoms with Crippen molar-refractivity contribution in [2.24, 2.45) is 5.73 Å². The fourth-order valence-electron chi connectivity index (χ4n) is 2.18. The third kappa shape index (κ3) is 3.32. The van der Waals surface area contributed by atoms with Crippen molar-refractivity contribution in [1.82, 2.24) is 5.32 Å². The van der Waals surface area contributed by atoms with Gasteiger partial charge in [-0.15, -0.1) is 0 Å². The molecular formula is C14H18N2O3. The molecule has 1 fully saturated rings. The van der Waals surface area contributed by atoms with Crippen LogP contribution in [0, 0.1) is 6.92 Å². The number of nitrogens with one attached hydrogen (secondary N) is 1. The maximum Gasteiger partial charge on any atom is 0.251 e. The molecule has 19 heavy (non-hydrogen) atoms. The van der Waals surface area contributed by atoms with E-state index in [9.17, 15) is 9.59 Å². The van der Waals surface area contributed by atoms with Gasteiger partial charge in [-0.25, -0.2) is 0 Å². The van der Waals surface area contributed by atoms with Crippen molar-refractivity contribution in [3.63, 3.8) is 0 Å². The predicted octanol–water partition coefficient (Wildman–Crippen LogP) is 1.00.